The number of nitrogens with zero attached hydrogens (tertiary/aromatic N) is 2. The third-order valence-electron chi connectivity index (χ3n) is 4.76. The lowest BCUT2D eigenvalue weighted by Gasteiger charge is -2.14. The number of rotatable bonds is 5. The van der Waals surface area contributed by atoms with Gasteiger partial charge >= 0.3 is 0 Å². The van der Waals surface area contributed by atoms with Gasteiger partial charge in [0.05, 0.1) is 51.9 Å². The van der Waals surface area contributed by atoms with E-state index in [-0.39, 0.29) is 32.4 Å². The van der Waals surface area contributed by atoms with Crippen molar-refractivity contribution in [1.29, 1.82) is 0 Å². The van der Waals surface area contributed by atoms with Crippen molar-refractivity contribution in [3.05, 3.63) is 76.6 Å². The zero-order valence-electron chi connectivity index (χ0n) is 16.4. The number of fused-ring (bicyclic) bond motifs is 1. The monoisotopic (exact) mass is 457 g/mol. The van der Waals surface area contributed by atoms with Crippen molar-refractivity contribution in [3.8, 4) is 5.75 Å². The molecule has 8 nitrogen and oxygen atoms in total. The number of nitrogens with one attached hydrogen (secondary N) is 1. The van der Waals surface area contributed by atoms with Crippen molar-refractivity contribution in [2.24, 2.45) is 0 Å². The number of hydrogen-bond donors (Lipinski definition) is 1. The molecule has 0 saturated carbocycles. The molecule has 31 heavy (non-hydrogen) atoms. The number of pyridine rings is 1. The van der Waals surface area contributed by atoms with Crippen molar-refractivity contribution >= 4 is 44.8 Å². The topological polar surface area (TPSA) is 106 Å². The van der Waals surface area contributed by atoms with Crippen molar-refractivity contribution in [2.45, 2.75) is 11.8 Å². The lowest BCUT2D eigenvalue weighted by molar-refractivity contribution is 0.0926. The van der Waals surface area contributed by atoms with Crippen LogP contribution in [0.1, 0.15) is 26.3 Å². The highest BCUT2D eigenvalue weighted by Gasteiger charge is 2.41. The summed E-state index contributed by atoms with van der Waals surface area (Å²) in [5, 5.41) is 0.0324. The molecule has 1 N–H and O–H groups in total. The molecule has 0 fully saturated rings. The minimum atomic E-state index is -4.01. The van der Waals surface area contributed by atoms with Gasteiger partial charge in [-0.15, -0.1) is 0 Å². The molecule has 0 aliphatic carbocycles. The Hall–Kier alpha value is -3.43. The van der Waals surface area contributed by atoms with Gasteiger partial charge < -0.3 is 4.74 Å². The Kier molecular flexibility index (Phi) is 5.16. The van der Waals surface area contributed by atoms with E-state index in [0.29, 0.717) is 5.75 Å². The number of anilines is 2. The number of aromatic nitrogens is 1. The van der Waals surface area contributed by atoms with Crippen molar-refractivity contribution in [1.82, 2.24) is 4.98 Å². The number of sulfonamides is 1. The highest BCUT2D eigenvalue weighted by Crippen LogP contribution is 2.38. The zero-order valence-corrected chi connectivity index (χ0v) is 18.0. The van der Waals surface area contributed by atoms with E-state index in [9.17, 15) is 18.0 Å². The van der Waals surface area contributed by atoms with Crippen LogP contribution in [0.4, 0.5) is 11.4 Å². The molecule has 0 unspecified atom stereocenters. The average Bonchev–Trinajstić information content (AvgIpc) is 3.02. The Morgan fingerprint density at radius 3 is 2.35 bits per heavy atom. The maximum atomic E-state index is 13.2. The van der Waals surface area contributed by atoms with E-state index in [1.807, 2.05) is 6.92 Å². The number of methoxy groups -OCH3 is 1. The fourth-order valence-electron chi connectivity index (χ4n) is 3.21. The number of carbonyl (C=O) groups is 2. The summed E-state index contributed by atoms with van der Waals surface area (Å²) in [6, 6.07) is 10.4. The Balaban J connectivity index is 1.78. The van der Waals surface area contributed by atoms with Crippen LogP contribution in [0.15, 0.2) is 59.8 Å². The molecule has 1 aliphatic rings. The number of amides is 2. The lowest BCUT2D eigenvalue weighted by Crippen LogP contribution is -2.29. The maximum Gasteiger partial charge on any atom is 0.268 e. The number of ether oxygens (including phenoxy) is 1. The first-order chi connectivity index (χ1) is 14.7. The molecule has 0 saturated heterocycles. The minimum absolute atomic E-state index is 0.0208. The van der Waals surface area contributed by atoms with E-state index in [2.05, 4.69) is 9.71 Å². The molecule has 1 aromatic heterocycles. The first-order valence-corrected chi connectivity index (χ1v) is 10.9. The van der Waals surface area contributed by atoms with Gasteiger partial charge in [-0.2, -0.15) is 0 Å². The summed E-state index contributed by atoms with van der Waals surface area (Å²) >= 11 is 6.20. The van der Waals surface area contributed by atoms with Crippen LogP contribution in [-0.2, 0) is 10.0 Å². The van der Waals surface area contributed by atoms with Crippen molar-refractivity contribution in [3.63, 3.8) is 0 Å². The van der Waals surface area contributed by atoms with Crippen LogP contribution in [0.25, 0.3) is 0 Å². The molecule has 2 aromatic carbocycles. The van der Waals surface area contributed by atoms with Gasteiger partial charge in [-0.25, -0.2) is 13.3 Å². The lowest BCUT2D eigenvalue weighted by atomic mass is 10.1. The molecule has 3 aromatic rings. The van der Waals surface area contributed by atoms with E-state index in [4.69, 9.17) is 16.3 Å². The van der Waals surface area contributed by atoms with Crippen LogP contribution in [-0.4, -0.2) is 32.3 Å². The summed E-state index contributed by atoms with van der Waals surface area (Å²) in [7, 11) is -2.58. The number of halogens is 1. The van der Waals surface area contributed by atoms with E-state index >= 15 is 0 Å². The van der Waals surface area contributed by atoms with Gasteiger partial charge in [0.1, 0.15) is 5.75 Å². The Morgan fingerprint density at radius 2 is 1.68 bits per heavy atom. The van der Waals surface area contributed by atoms with Gasteiger partial charge in [0.2, 0.25) is 0 Å². The third-order valence-corrected chi connectivity index (χ3v) is 6.45. The van der Waals surface area contributed by atoms with Gasteiger partial charge in [-0.1, -0.05) is 29.3 Å². The second kappa shape index (κ2) is 7.68. The van der Waals surface area contributed by atoms with Gasteiger partial charge in [-0.05, 0) is 31.2 Å². The van der Waals surface area contributed by atoms with Gasteiger partial charge in [-0.3, -0.25) is 19.3 Å². The van der Waals surface area contributed by atoms with E-state index < -0.39 is 21.8 Å². The molecule has 0 radical (unpaired) electrons. The standard InChI is InChI=1S/C21H16ClN3O5S/c1-12-3-5-15(6-4-12)31(28,29)24-17-8-7-16(22)18-19(17)21(27)25(20(18)26)13-9-14(30-2)11-23-10-13/h3-11,24H,1-2H3. The van der Waals surface area contributed by atoms with Crippen LogP contribution in [0.2, 0.25) is 5.02 Å². The average molecular weight is 458 g/mol. The van der Waals surface area contributed by atoms with Crippen LogP contribution in [0, 0.1) is 6.92 Å². The predicted molar refractivity (Wildman–Crippen MR) is 115 cm³/mol. The fourth-order valence-corrected chi connectivity index (χ4v) is 4.52. The molecule has 2 heterocycles. The smallest absolute Gasteiger partial charge is 0.268 e. The van der Waals surface area contributed by atoms with Gasteiger partial charge in [0.25, 0.3) is 21.8 Å². The summed E-state index contributed by atoms with van der Waals surface area (Å²) < 4.78 is 33.2. The molecule has 0 atom stereocenters. The summed E-state index contributed by atoms with van der Waals surface area (Å²) in [5.41, 5.74) is 0.815. The SMILES string of the molecule is COc1cncc(N2C(=O)c3c(Cl)ccc(NS(=O)(=O)c4ccc(C)cc4)c3C2=O)c1. The quantitative estimate of drug-likeness (QED) is 0.586. The van der Waals surface area contributed by atoms with Crippen LogP contribution < -0.4 is 14.4 Å². The fraction of sp³-hybridized carbons (Fsp3) is 0.0952. The number of imide groups is 1. The maximum absolute atomic E-state index is 13.2. The summed E-state index contributed by atoms with van der Waals surface area (Å²) in [6.07, 6.45) is 2.75. The number of aryl methyl sites for hydroxylation is 1. The van der Waals surface area contributed by atoms with Crippen molar-refractivity contribution in [2.75, 3.05) is 16.7 Å². The first kappa shape index (κ1) is 20.8. The molecular formula is C21H16ClN3O5S. The highest BCUT2D eigenvalue weighted by molar-refractivity contribution is 7.92. The largest absolute Gasteiger partial charge is 0.495 e. The molecule has 0 spiro atoms. The number of carbonyl (C=O) groups excluding carboxylic acids is 2. The van der Waals surface area contributed by atoms with Gasteiger partial charge in [0.15, 0.2) is 0 Å². The molecule has 1 aliphatic heterocycles. The number of hydrogen-bond acceptors (Lipinski definition) is 6. The molecular weight excluding hydrogens is 442 g/mol. The Morgan fingerprint density at radius 1 is 1.00 bits per heavy atom. The molecule has 10 heteroatoms. The van der Waals surface area contributed by atoms with E-state index in [0.717, 1.165) is 10.5 Å². The summed E-state index contributed by atoms with van der Waals surface area (Å²) in [4.78, 5) is 31.1. The molecule has 0 bridgehead atoms. The predicted octanol–water partition coefficient (Wildman–Crippen LogP) is 3.65. The van der Waals surface area contributed by atoms with Gasteiger partial charge in [0, 0.05) is 6.07 Å². The summed E-state index contributed by atoms with van der Waals surface area (Å²) in [6.45, 7) is 1.84. The summed E-state index contributed by atoms with van der Waals surface area (Å²) in [5.74, 6) is -1.06. The van der Waals surface area contributed by atoms with Crippen LogP contribution in [0.5, 0.6) is 5.75 Å². The highest BCUT2D eigenvalue weighted by atomic mass is 35.5. The van der Waals surface area contributed by atoms with E-state index in [1.54, 1.807) is 12.1 Å². The second-order valence-electron chi connectivity index (χ2n) is 6.79. The van der Waals surface area contributed by atoms with Crippen molar-refractivity contribution < 1.29 is 22.7 Å². The Labute approximate surface area is 183 Å². The van der Waals surface area contributed by atoms with Crippen LogP contribution >= 0.6 is 11.6 Å². The molecule has 4 rings (SSSR count). The number of benzene rings is 2. The Bertz CT molecular complexity index is 1320. The van der Waals surface area contributed by atoms with Crippen LogP contribution in [0.3, 0.4) is 0 Å². The first-order valence-electron chi connectivity index (χ1n) is 9.03. The zero-order chi connectivity index (χ0) is 22.3. The third kappa shape index (κ3) is 3.62. The second-order valence-corrected chi connectivity index (χ2v) is 8.88. The minimum Gasteiger partial charge on any atom is -0.495 e. The molecule has 2 amide bonds. The van der Waals surface area contributed by atoms with E-state index in [1.165, 1.54) is 49.8 Å². The normalized spacial score (nSPS) is 13.3. The molecule has 158 valence electrons.